The number of phenols is 1. The van der Waals surface area contributed by atoms with E-state index in [-0.39, 0.29) is 6.54 Å². The van der Waals surface area contributed by atoms with Crippen LogP contribution in [0.2, 0.25) is 0 Å². The number of rotatable bonds is 4. The molecular formula is C13H13F2N3O. The number of hydrogen-bond acceptors (Lipinski definition) is 4. The molecule has 0 unspecified atom stereocenters. The first kappa shape index (κ1) is 13.4. The molecule has 100 valence electrons. The summed E-state index contributed by atoms with van der Waals surface area (Å²) in [6.07, 6.45) is 3.29. The predicted molar refractivity (Wildman–Crippen MR) is 65.3 cm³/mol. The topological polar surface area (TPSA) is 58.0 Å². The number of nitrogens with zero attached hydrogens (tertiary/aromatic N) is 2. The van der Waals surface area contributed by atoms with Gasteiger partial charge in [0.05, 0.1) is 11.4 Å². The van der Waals surface area contributed by atoms with Crippen LogP contribution in [0.5, 0.6) is 5.75 Å². The van der Waals surface area contributed by atoms with Gasteiger partial charge in [0, 0.05) is 25.5 Å². The van der Waals surface area contributed by atoms with Crippen molar-refractivity contribution >= 4 is 0 Å². The van der Waals surface area contributed by atoms with E-state index in [9.17, 15) is 8.78 Å². The summed E-state index contributed by atoms with van der Waals surface area (Å²) in [7, 11) is 0. The first-order valence-electron chi connectivity index (χ1n) is 5.71. The molecular weight excluding hydrogens is 252 g/mol. The second kappa shape index (κ2) is 5.71. The highest BCUT2D eigenvalue weighted by Crippen LogP contribution is 2.21. The Labute approximate surface area is 109 Å². The molecule has 0 amide bonds. The van der Waals surface area contributed by atoms with Crippen molar-refractivity contribution in [2.24, 2.45) is 0 Å². The lowest BCUT2D eigenvalue weighted by atomic mass is 10.2. The normalized spacial score (nSPS) is 10.7. The van der Waals surface area contributed by atoms with Gasteiger partial charge in [-0.2, -0.15) is 0 Å². The number of hydrogen-bond donors (Lipinski definition) is 2. The molecule has 0 aliphatic rings. The molecule has 0 atom stereocenters. The highest BCUT2D eigenvalue weighted by atomic mass is 19.1. The van der Waals surface area contributed by atoms with Gasteiger partial charge < -0.3 is 10.4 Å². The second-order valence-corrected chi connectivity index (χ2v) is 4.16. The number of benzene rings is 1. The minimum Gasteiger partial charge on any atom is -0.503 e. The average Bonchev–Trinajstić information content (AvgIpc) is 2.38. The van der Waals surface area contributed by atoms with E-state index >= 15 is 0 Å². The summed E-state index contributed by atoms with van der Waals surface area (Å²) in [6.45, 7) is 2.55. The van der Waals surface area contributed by atoms with Crippen LogP contribution in [0.3, 0.4) is 0 Å². The lowest BCUT2D eigenvalue weighted by Gasteiger charge is -2.06. The van der Waals surface area contributed by atoms with E-state index in [1.807, 2.05) is 6.92 Å². The van der Waals surface area contributed by atoms with E-state index in [4.69, 9.17) is 5.11 Å². The fourth-order valence-electron chi connectivity index (χ4n) is 1.57. The van der Waals surface area contributed by atoms with Crippen molar-refractivity contribution in [2.75, 3.05) is 0 Å². The molecule has 0 aliphatic heterocycles. The van der Waals surface area contributed by atoms with Crippen LogP contribution in [0, 0.1) is 18.6 Å². The Balaban J connectivity index is 1.94. The van der Waals surface area contributed by atoms with Crippen LogP contribution in [0.4, 0.5) is 8.78 Å². The third-order valence-corrected chi connectivity index (χ3v) is 2.55. The van der Waals surface area contributed by atoms with Gasteiger partial charge in [0.15, 0.2) is 17.4 Å². The lowest BCUT2D eigenvalue weighted by Crippen LogP contribution is -2.14. The van der Waals surface area contributed by atoms with Gasteiger partial charge in [-0.05, 0) is 24.6 Å². The van der Waals surface area contributed by atoms with Crippen LogP contribution in [0.25, 0.3) is 0 Å². The third-order valence-electron chi connectivity index (χ3n) is 2.55. The Bertz CT molecular complexity index is 550. The smallest absolute Gasteiger partial charge is 0.187 e. The highest BCUT2D eigenvalue weighted by molar-refractivity contribution is 5.29. The summed E-state index contributed by atoms with van der Waals surface area (Å²) in [6, 6.07) is 2.18. The van der Waals surface area contributed by atoms with Crippen molar-refractivity contribution in [1.29, 1.82) is 0 Å². The first-order valence-corrected chi connectivity index (χ1v) is 5.71. The highest BCUT2D eigenvalue weighted by Gasteiger charge is 2.09. The van der Waals surface area contributed by atoms with Gasteiger partial charge in [0.1, 0.15) is 0 Å². The summed E-state index contributed by atoms with van der Waals surface area (Å²) in [5, 5.41) is 12.0. The molecule has 2 aromatic rings. The fraction of sp³-hybridized carbons (Fsp3) is 0.231. The van der Waals surface area contributed by atoms with Crippen molar-refractivity contribution in [3.8, 4) is 5.75 Å². The quantitative estimate of drug-likeness (QED) is 0.888. The Hall–Kier alpha value is -2.08. The van der Waals surface area contributed by atoms with Gasteiger partial charge in [-0.15, -0.1) is 0 Å². The molecule has 0 fully saturated rings. The van der Waals surface area contributed by atoms with Crippen molar-refractivity contribution in [1.82, 2.24) is 15.3 Å². The molecule has 0 radical (unpaired) electrons. The van der Waals surface area contributed by atoms with E-state index in [0.29, 0.717) is 12.1 Å². The number of nitrogens with one attached hydrogen (secondary N) is 1. The maximum absolute atomic E-state index is 13.1. The molecule has 2 N–H and O–H groups in total. The van der Waals surface area contributed by atoms with Crippen molar-refractivity contribution in [3.63, 3.8) is 0 Å². The zero-order chi connectivity index (χ0) is 13.8. The molecule has 4 nitrogen and oxygen atoms in total. The maximum Gasteiger partial charge on any atom is 0.187 e. The van der Waals surface area contributed by atoms with Crippen LogP contribution in [-0.4, -0.2) is 15.1 Å². The Morgan fingerprint density at radius 1 is 1.11 bits per heavy atom. The van der Waals surface area contributed by atoms with E-state index in [1.165, 1.54) is 0 Å². The Morgan fingerprint density at radius 3 is 2.37 bits per heavy atom. The van der Waals surface area contributed by atoms with Crippen molar-refractivity contribution < 1.29 is 13.9 Å². The Kier molecular flexibility index (Phi) is 4.01. The van der Waals surface area contributed by atoms with Gasteiger partial charge in [0.25, 0.3) is 0 Å². The number of halogens is 2. The van der Waals surface area contributed by atoms with E-state index < -0.39 is 17.4 Å². The molecule has 0 saturated heterocycles. The van der Waals surface area contributed by atoms with Crippen LogP contribution < -0.4 is 5.32 Å². The summed E-state index contributed by atoms with van der Waals surface area (Å²) in [4.78, 5) is 8.23. The van der Waals surface area contributed by atoms with Crippen molar-refractivity contribution in [2.45, 2.75) is 20.0 Å². The van der Waals surface area contributed by atoms with E-state index in [0.717, 1.165) is 23.5 Å². The minimum atomic E-state index is -0.966. The molecule has 2 rings (SSSR count). The largest absolute Gasteiger partial charge is 0.503 e. The maximum atomic E-state index is 13.1. The van der Waals surface area contributed by atoms with Crippen molar-refractivity contribution in [3.05, 3.63) is 53.1 Å². The van der Waals surface area contributed by atoms with Gasteiger partial charge in [0.2, 0.25) is 0 Å². The monoisotopic (exact) mass is 265 g/mol. The fourth-order valence-corrected chi connectivity index (χ4v) is 1.57. The van der Waals surface area contributed by atoms with E-state index in [2.05, 4.69) is 15.3 Å². The number of aromatic nitrogens is 2. The van der Waals surface area contributed by atoms with E-state index in [1.54, 1.807) is 12.4 Å². The third kappa shape index (κ3) is 3.45. The van der Waals surface area contributed by atoms with Crippen LogP contribution in [-0.2, 0) is 13.1 Å². The summed E-state index contributed by atoms with van der Waals surface area (Å²) in [5.41, 5.74) is 1.98. The molecule has 0 aliphatic carbocycles. The zero-order valence-corrected chi connectivity index (χ0v) is 10.3. The summed E-state index contributed by atoms with van der Waals surface area (Å²) < 4.78 is 26.2. The first-order chi connectivity index (χ1) is 9.06. The predicted octanol–water partition coefficient (Wildman–Crippen LogP) is 2.06. The molecule has 6 heteroatoms. The molecule has 0 bridgehead atoms. The minimum absolute atomic E-state index is 0.268. The summed E-state index contributed by atoms with van der Waals surface area (Å²) >= 11 is 0. The number of aryl methyl sites for hydroxylation is 1. The molecule has 1 aromatic heterocycles. The standard InChI is InChI=1S/C13H13F2N3O/c1-8-4-18-10(7-17-8)6-16-5-9-2-11(14)13(19)12(15)3-9/h2-4,7,16,19H,5-6H2,1H3. The summed E-state index contributed by atoms with van der Waals surface area (Å²) in [5.74, 6) is -2.88. The Morgan fingerprint density at radius 2 is 1.79 bits per heavy atom. The molecule has 1 aromatic carbocycles. The van der Waals surface area contributed by atoms with Gasteiger partial charge in [-0.1, -0.05) is 0 Å². The second-order valence-electron chi connectivity index (χ2n) is 4.16. The SMILES string of the molecule is Cc1cnc(CNCc2cc(F)c(O)c(F)c2)cn1. The van der Waals surface area contributed by atoms with Crippen LogP contribution >= 0.6 is 0 Å². The number of phenolic OH excluding ortho intramolecular Hbond substituents is 1. The number of aromatic hydroxyl groups is 1. The van der Waals surface area contributed by atoms with Crippen LogP contribution in [0.1, 0.15) is 17.0 Å². The molecule has 0 spiro atoms. The van der Waals surface area contributed by atoms with Gasteiger partial charge in [-0.3, -0.25) is 9.97 Å². The molecule has 19 heavy (non-hydrogen) atoms. The van der Waals surface area contributed by atoms with Gasteiger partial charge in [-0.25, -0.2) is 8.78 Å². The molecule has 1 heterocycles. The lowest BCUT2D eigenvalue weighted by molar-refractivity contribution is 0.395. The molecule has 0 saturated carbocycles. The zero-order valence-electron chi connectivity index (χ0n) is 10.3. The van der Waals surface area contributed by atoms with Gasteiger partial charge >= 0.3 is 0 Å². The average molecular weight is 265 g/mol. The van der Waals surface area contributed by atoms with Crippen LogP contribution in [0.15, 0.2) is 24.5 Å².